The summed E-state index contributed by atoms with van der Waals surface area (Å²) in [6, 6.07) is 3.45. The zero-order valence-electron chi connectivity index (χ0n) is 8.84. The first-order valence-electron chi connectivity index (χ1n) is 4.91. The van der Waals surface area contributed by atoms with E-state index in [0.717, 1.165) is 6.07 Å². The first-order valence-corrected chi connectivity index (χ1v) is 5.29. The summed E-state index contributed by atoms with van der Waals surface area (Å²) < 4.78 is 12.7. The molecule has 88 valence electrons. The van der Waals surface area contributed by atoms with E-state index >= 15 is 0 Å². The number of aliphatic hydroxyl groups excluding tert-OH is 1. The number of benzene rings is 1. The first-order chi connectivity index (χ1) is 7.54. The third-order valence-corrected chi connectivity index (χ3v) is 2.43. The van der Waals surface area contributed by atoms with Crippen molar-refractivity contribution in [1.82, 2.24) is 5.32 Å². The number of carbonyl (C=O) groups is 1. The monoisotopic (exact) mass is 245 g/mol. The highest BCUT2D eigenvalue weighted by atomic mass is 35.5. The lowest BCUT2D eigenvalue weighted by atomic mass is 10.2. The number of hydrogen-bond acceptors (Lipinski definition) is 2. The molecular formula is C11H13ClFNO2. The minimum absolute atomic E-state index is 0.00139. The van der Waals surface area contributed by atoms with Crippen LogP contribution in [-0.2, 0) is 0 Å². The molecule has 0 aromatic heterocycles. The van der Waals surface area contributed by atoms with Gasteiger partial charge in [0.25, 0.3) is 5.91 Å². The van der Waals surface area contributed by atoms with E-state index in [2.05, 4.69) is 5.32 Å². The van der Waals surface area contributed by atoms with Crippen molar-refractivity contribution in [2.75, 3.05) is 6.61 Å². The Hall–Kier alpha value is -1.13. The molecule has 0 aliphatic heterocycles. The Labute approximate surface area is 98.2 Å². The number of hydrogen-bond donors (Lipinski definition) is 2. The SMILES string of the molecule is CC(CCO)NC(=O)c1ccc(F)cc1Cl. The van der Waals surface area contributed by atoms with Crippen LogP contribution in [0.3, 0.4) is 0 Å². The number of halogens is 2. The molecule has 0 heterocycles. The molecule has 2 N–H and O–H groups in total. The van der Waals surface area contributed by atoms with Crippen LogP contribution >= 0.6 is 11.6 Å². The molecule has 0 aliphatic rings. The van der Waals surface area contributed by atoms with Gasteiger partial charge in [-0.1, -0.05) is 11.6 Å². The second-order valence-corrected chi connectivity index (χ2v) is 3.92. The topological polar surface area (TPSA) is 49.3 Å². The third-order valence-electron chi connectivity index (χ3n) is 2.12. The predicted octanol–water partition coefficient (Wildman–Crippen LogP) is 1.98. The van der Waals surface area contributed by atoms with Gasteiger partial charge in [0.2, 0.25) is 0 Å². The van der Waals surface area contributed by atoms with E-state index in [4.69, 9.17) is 16.7 Å². The van der Waals surface area contributed by atoms with E-state index < -0.39 is 5.82 Å². The molecule has 5 heteroatoms. The summed E-state index contributed by atoms with van der Waals surface area (Å²) in [5.41, 5.74) is 0.229. The van der Waals surface area contributed by atoms with E-state index in [1.807, 2.05) is 0 Å². The third kappa shape index (κ3) is 3.47. The zero-order chi connectivity index (χ0) is 12.1. The van der Waals surface area contributed by atoms with Crippen molar-refractivity contribution < 1.29 is 14.3 Å². The van der Waals surface area contributed by atoms with Crippen LogP contribution in [0.1, 0.15) is 23.7 Å². The van der Waals surface area contributed by atoms with Gasteiger partial charge in [-0.25, -0.2) is 4.39 Å². The average molecular weight is 246 g/mol. The Bertz CT molecular complexity index is 384. The van der Waals surface area contributed by atoms with Gasteiger partial charge in [0.15, 0.2) is 0 Å². The standard InChI is InChI=1S/C11H13ClFNO2/c1-7(4-5-15)14-11(16)9-3-2-8(13)6-10(9)12/h2-3,6-7,15H,4-5H2,1H3,(H,14,16). The normalized spacial score (nSPS) is 12.2. The van der Waals surface area contributed by atoms with Crippen LogP contribution in [0.4, 0.5) is 4.39 Å². The van der Waals surface area contributed by atoms with Crippen LogP contribution in [0, 0.1) is 5.82 Å². The van der Waals surface area contributed by atoms with Gasteiger partial charge >= 0.3 is 0 Å². The van der Waals surface area contributed by atoms with Gasteiger partial charge in [0.1, 0.15) is 5.82 Å². The van der Waals surface area contributed by atoms with E-state index in [1.54, 1.807) is 6.92 Å². The highest BCUT2D eigenvalue weighted by molar-refractivity contribution is 6.33. The van der Waals surface area contributed by atoms with Gasteiger partial charge < -0.3 is 10.4 Å². The van der Waals surface area contributed by atoms with Crippen LogP contribution < -0.4 is 5.32 Å². The van der Waals surface area contributed by atoms with Crippen molar-refractivity contribution in [3.63, 3.8) is 0 Å². The molecule has 0 radical (unpaired) electrons. The van der Waals surface area contributed by atoms with Crippen LogP contribution in [-0.4, -0.2) is 23.7 Å². The van der Waals surface area contributed by atoms with Gasteiger partial charge in [-0.15, -0.1) is 0 Å². The van der Waals surface area contributed by atoms with Crippen LogP contribution in [0.2, 0.25) is 5.02 Å². The van der Waals surface area contributed by atoms with Crippen molar-refractivity contribution in [3.8, 4) is 0 Å². The number of aliphatic hydroxyl groups is 1. The van der Waals surface area contributed by atoms with E-state index in [1.165, 1.54) is 12.1 Å². The minimum Gasteiger partial charge on any atom is -0.396 e. The van der Waals surface area contributed by atoms with Gasteiger partial charge in [-0.3, -0.25) is 4.79 Å². The lowest BCUT2D eigenvalue weighted by Crippen LogP contribution is -2.33. The largest absolute Gasteiger partial charge is 0.396 e. The molecule has 3 nitrogen and oxygen atoms in total. The van der Waals surface area contributed by atoms with Crippen LogP contribution in [0.5, 0.6) is 0 Å². The Balaban J connectivity index is 2.73. The maximum Gasteiger partial charge on any atom is 0.253 e. The summed E-state index contributed by atoms with van der Waals surface area (Å²) in [4.78, 5) is 11.7. The molecule has 0 saturated carbocycles. The quantitative estimate of drug-likeness (QED) is 0.852. The molecule has 1 unspecified atom stereocenters. The maximum atomic E-state index is 12.7. The molecular weight excluding hydrogens is 233 g/mol. The Morgan fingerprint density at radius 3 is 2.88 bits per heavy atom. The smallest absolute Gasteiger partial charge is 0.253 e. The average Bonchev–Trinajstić information content (AvgIpc) is 2.17. The molecule has 1 amide bonds. The Morgan fingerprint density at radius 2 is 2.31 bits per heavy atom. The molecule has 1 aromatic carbocycles. The van der Waals surface area contributed by atoms with E-state index in [9.17, 15) is 9.18 Å². The second kappa shape index (κ2) is 5.82. The second-order valence-electron chi connectivity index (χ2n) is 3.51. The van der Waals surface area contributed by atoms with Gasteiger partial charge in [0, 0.05) is 12.6 Å². The fourth-order valence-corrected chi connectivity index (χ4v) is 1.49. The molecule has 0 fully saturated rings. The molecule has 1 rings (SSSR count). The summed E-state index contributed by atoms with van der Waals surface area (Å²) >= 11 is 5.73. The van der Waals surface area contributed by atoms with Crippen molar-refractivity contribution in [1.29, 1.82) is 0 Å². The molecule has 16 heavy (non-hydrogen) atoms. The van der Waals surface area contributed by atoms with Crippen LogP contribution in [0.15, 0.2) is 18.2 Å². The lowest BCUT2D eigenvalue weighted by Gasteiger charge is -2.13. The van der Waals surface area contributed by atoms with Gasteiger partial charge in [-0.05, 0) is 31.5 Å². The van der Waals surface area contributed by atoms with Crippen molar-refractivity contribution in [2.24, 2.45) is 0 Å². The number of carbonyl (C=O) groups excluding carboxylic acids is 1. The summed E-state index contributed by atoms with van der Waals surface area (Å²) in [5, 5.41) is 11.4. The van der Waals surface area contributed by atoms with Crippen LogP contribution in [0.25, 0.3) is 0 Å². The molecule has 0 bridgehead atoms. The predicted molar refractivity (Wildman–Crippen MR) is 60.0 cm³/mol. The fraction of sp³-hybridized carbons (Fsp3) is 0.364. The van der Waals surface area contributed by atoms with E-state index in [0.29, 0.717) is 6.42 Å². The summed E-state index contributed by atoms with van der Waals surface area (Å²) in [5.74, 6) is -0.851. The van der Waals surface area contributed by atoms with E-state index in [-0.39, 0.29) is 29.1 Å². The highest BCUT2D eigenvalue weighted by Gasteiger charge is 2.13. The fourth-order valence-electron chi connectivity index (χ4n) is 1.24. The highest BCUT2D eigenvalue weighted by Crippen LogP contribution is 2.17. The summed E-state index contributed by atoms with van der Waals surface area (Å²) in [6.07, 6.45) is 0.463. The molecule has 0 aliphatic carbocycles. The zero-order valence-corrected chi connectivity index (χ0v) is 9.59. The van der Waals surface area contributed by atoms with Crippen molar-refractivity contribution in [3.05, 3.63) is 34.6 Å². The number of rotatable bonds is 4. The van der Waals surface area contributed by atoms with Gasteiger partial charge in [-0.2, -0.15) is 0 Å². The lowest BCUT2D eigenvalue weighted by molar-refractivity contribution is 0.0934. The summed E-state index contributed by atoms with van der Waals surface area (Å²) in [6.45, 7) is 1.77. The first kappa shape index (κ1) is 12.9. The minimum atomic E-state index is -0.482. The Kier molecular flexibility index (Phi) is 4.71. The molecule has 0 saturated heterocycles. The maximum absolute atomic E-state index is 12.7. The molecule has 1 aromatic rings. The van der Waals surface area contributed by atoms with Gasteiger partial charge in [0.05, 0.1) is 10.6 Å². The summed E-state index contributed by atoms with van der Waals surface area (Å²) in [7, 11) is 0. The molecule has 0 spiro atoms. The number of amides is 1. The van der Waals surface area contributed by atoms with Crippen molar-refractivity contribution in [2.45, 2.75) is 19.4 Å². The Morgan fingerprint density at radius 1 is 1.62 bits per heavy atom. The number of nitrogens with one attached hydrogen (secondary N) is 1. The molecule has 1 atom stereocenters. The van der Waals surface area contributed by atoms with Crippen molar-refractivity contribution >= 4 is 17.5 Å².